The van der Waals surface area contributed by atoms with Crippen molar-refractivity contribution in [1.82, 2.24) is 0 Å². The summed E-state index contributed by atoms with van der Waals surface area (Å²) in [5.41, 5.74) is 1.40. The SMILES string of the molecule is C=C1[C@H]2C[C@@H](OC(=O)/C=C\C=C\[C@H](O)[C@@H](C)O)[C@]1(C)[C@@]1(COC(=O)/C=C(\C)CCO)CCC(C)=C[C@H]1O2. The molecule has 1 saturated heterocycles. The van der Waals surface area contributed by atoms with Crippen molar-refractivity contribution < 1.29 is 39.1 Å². The average Bonchev–Trinajstić information content (AvgIpc) is 3.00. The molecule has 0 aromatic carbocycles. The normalized spacial score (nSPS) is 33.3. The Morgan fingerprint density at radius 3 is 2.70 bits per heavy atom. The van der Waals surface area contributed by atoms with Crippen molar-refractivity contribution in [3.63, 3.8) is 0 Å². The van der Waals surface area contributed by atoms with Gasteiger partial charge in [-0.3, -0.25) is 0 Å². The average molecular weight is 517 g/mol. The van der Waals surface area contributed by atoms with Crippen LogP contribution in [0.3, 0.4) is 0 Å². The third-order valence-electron chi connectivity index (χ3n) is 8.17. The van der Waals surface area contributed by atoms with Gasteiger partial charge in [0, 0.05) is 36.0 Å². The number of carbonyl (C=O) groups excluding carboxylic acids is 2. The predicted molar refractivity (Wildman–Crippen MR) is 138 cm³/mol. The molecule has 2 aliphatic carbocycles. The van der Waals surface area contributed by atoms with E-state index in [2.05, 4.69) is 19.6 Å². The fourth-order valence-corrected chi connectivity index (χ4v) is 5.67. The molecule has 7 atom stereocenters. The topological polar surface area (TPSA) is 123 Å². The Hall–Kier alpha value is -2.52. The van der Waals surface area contributed by atoms with Crippen molar-refractivity contribution in [3.8, 4) is 0 Å². The van der Waals surface area contributed by atoms with Gasteiger partial charge < -0.3 is 29.5 Å². The van der Waals surface area contributed by atoms with Gasteiger partial charge in [-0.1, -0.05) is 49.0 Å². The minimum Gasteiger partial charge on any atom is -0.462 e. The lowest BCUT2D eigenvalue weighted by atomic mass is 9.53. The molecule has 0 amide bonds. The van der Waals surface area contributed by atoms with E-state index < -0.39 is 41.1 Å². The monoisotopic (exact) mass is 516 g/mol. The zero-order valence-electron chi connectivity index (χ0n) is 22.2. The summed E-state index contributed by atoms with van der Waals surface area (Å²) < 4.78 is 18.2. The highest BCUT2D eigenvalue weighted by Gasteiger charge is 2.68. The molecule has 37 heavy (non-hydrogen) atoms. The number of hydrogen-bond donors (Lipinski definition) is 3. The number of esters is 2. The smallest absolute Gasteiger partial charge is 0.331 e. The van der Waals surface area contributed by atoms with Crippen molar-refractivity contribution in [2.75, 3.05) is 13.2 Å². The molecule has 1 heterocycles. The predicted octanol–water partition coefficient (Wildman–Crippen LogP) is 3.08. The molecular weight excluding hydrogens is 476 g/mol. The van der Waals surface area contributed by atoms with Crippen LogP contribution in [0.1, 0.15) is 53.4 Å². The molecule has 2 fully saturated rings. The Morgan fingerprint density at radius 1 is 1.30 bits per heavy atom. The lowest BCUT2D eigenvalue weighted by Crippen LogP contribution is -2.60. The van der Waals surface area contributed by atoms with Gasteiger partial charge >= 0.3 is 11.9 Å². The third kappa shape index (κ3) is 5.98. The van der Waals surface area contributed by atoms with Gasteiger partial charge in [-0.2, -0.15) is 0 Å². The van der Waals surface area contributed by atoms with Gasteiger partial charge in [0.05, 0.1) is 24.4 Å². The minimum absolute atomic E-state index is 0.0444. The molecule has 8 nitrogen and oxygen atoms in total. The standard InChI is InChI=1S/C29H40O8/c1-18-10-12-29(17-35-27(34)15-19(2)11-13-30)25(14-18)36-23-16-24(28(29,5)20(23)3)37-26(33)9-7-6-8-22(32)21(4)31/h6-9,14-15,21-25,30-32H,3,10-13,16-17H2,1-2,4-5H3/b8-6+,9-7-,19-15+/t21-,22+,23-,24-,25-,28-,29-/m1/s1. The Kier molecular flexibility index (Phi) is 9.34. The van der Waals surface area contributed by atoms with Crippen molar-refractivity contribution in [2.24, 2.45) is 10.8 Å². The van der Waals surface area contributed by atoms with Gasteiger partial charge in [-0.25, -0.2) is 9.59 Å². The van der Waals surface area contributed by atoms with E-state index in [0.717, 1.165) is 17.6 Å². The van der Waals surface area contributed by atoms with E-state index in [9.17, 15) is 19.8 Å². The fourth-order valence-electron chi connectivity index (χ4n) is 5.67. The van der Waals surface area contributed by atoms with E-state index >= 15 is 0 Å². The second kappa shape index (κ2) is 11.9. The lowest BCUT2D eigenvalue weighted by molar-refractivity contribution is -0.181. The highest BCUT2D eigenvalue weighted by Crippen LogP contribution is 2.65. The highest BCUT2D eigenvalue weighted by atomic mass is 16.6. The molecule has 0 aromatic heterocycles. The maximum absolute atomic E-state index is 12.7. The summed E-state index contributed by atoms with van der Waals surface area (Å²) in [6.07, 6.45) is 8.32. The molecule has 2 bridgehead atoms. The van der Waals surface area contributed by atoms with E-state index in [1.807, 2.05) is 6.92 Å². The zero-order chi connectivity index (χ0) is 27.4. The summed E-state index contributed by atoms with van der Waals surface area (Å²) in [4.78, 5) is 25.3. The van der Waals surface area contributed by atoms with E-state index in [4.69, 9.17) is 19.3 Å². The lowest BCUT2D eigenvalue weighted by Gasteiger charge is -2.56. The van der Waals surface area contributed by atoms with Gasteiger partial charge in [0.1, 0.15) is 12.7 Å². The van der Waals surface area contributed by atoms with Crippen LogP contribution in [0.15, 0.2) is 59.8 Å². The van der Waals surface area contributed by atoms with Gasteiger partial charge in [-0.15, -0.1) is 0 Å². The minimum atomic E-state index is -1.03. The van der Waals surface area contributed by atoms with Gasteiger partial charge in [-0.05, 0) is 45.6 Å². The third-order valence-corrected chi connectivity index (χ3v) is 8.17. The van der Waals surface area contributed by atoms with Crippen LogP contribution >= 0.6 is 0 Å². The molecule has 0 aromatic rings. The molecule has 0 radical (unpaired) electrons. The Morgan fingerprint density at radius 2 is 2.03 bits per heavy atom. The van der Waals surface area contributed by atoms with E-state index in [0.29, 0.717) is 19.3 Å². The van der Waals surface area contributed by atoms with Crippen molar-refractivity contribution in [3.05, 3.63) is 59.8 Å². The van der Waals surface area contributed by atoms with Gasteiger partial charge in [0.2, 0.25) is 0 Å². The molecule has 3 aliphatic rings. The van der Waals surface area contributed by atoms with E-state index in [-0.39, 0.29) is 25.4 Å². The summed E-state index contributed by atoms with van der Waals surface area (Å²) >= 11 is 0. The van der Waals surface area contributed by atoms with Crippen LogP contribution in [0.4, 0.5) is 0 Å². The molecule has 1 saturated carbocycles. The van der Waals surface area contributed by atoms with Crippen LogP contribution in [-0.2, 0) is 23.8 Å². The Labute approximate surface area is 219 Å². The first-order chi connectivity index (χ1) is 17.4. The van der Waals surface area contributed by atoms with E-state index in [1.54, 1.807) is 6.92 Å². The van der Waals surface area contributed by atoms with Crippen molar-refractivity contribution >= 4 is 11.9 Å². The largest absolute Gasteiger partial charge is 0.462 e. The quantitative estimate of drug-likeness (QED) is 0.175. The number of fused-ring (bicyclic) bond motifs is 4. The Bertz CT molecular complexity index is 1010. The molecular formula is C29H40O8. The molecule has 8 heteroatoms. The number of carbonyl (C=O) groups is 2. The van der Waals surface area contributed by atoms with Crippen molar-refractivity contribution in [2.45, 2.75) is 83.9 Å². The summed E-state index contributed by atoms with van der Waals surface area (Å²) in [5.74, 6) is -1.03. The molecule has 0 spiro atoms. The van der Waals surface area contributed by atoms with Gasteiger partial charge in [0.25, 0.3) is 0 Å². The maximum Gasteiger partial charge on any atom is 0.331 e. The molecule has 0 unspecified atom stereocenters. The second-order valence-corrected chi connectivity index (χ2v) is 10.7. The molecule has 204 valence electrons. The van der Waals surface area contributed by atoms with Crippen LogP contribution in [-0.4, -0.2) is 71.0 Å². The second-order valence-electron chi connectivity index (χ2n) is 10.7. The zero-order valence-corrected chi connectivity index (χ0v) is 22.2. The maximum atomic E-state index is 12.7. The first-order valence-corrected chi connectivity index (χ1v) is 12.8. The van der Waals surface area contributed by atoms with E-state index in [1.165, 1.54) is 42.9 Å². The van der Waals surface area contributed by atoms with Crippen LogP contribution in [0.2, 0.25) is 0 Å². The van der Waals surface area contributed by atoms with Crippen LogP contribution in [0, 0.1) is 10.8 Å². The van der Waals surface area contributed by atoms with Gasteiger partial charge in [0.15, 0.2) is 0 Å². The molecule has 1 aliphatic heterocycles. The number of aliphatic hydroxyl groups excluding tert-OH is 3. The van der Waals surface area contributed by atoms with Crippen LogP contribution < -0.4 is 0 Å². The summed E-state index contributed by atoms with van der Waals surface area (Å²) in [6.45, 7) is 11.7. The fraction of sp³-hybridized carbons (Fsp3) is 0.586. The first-order valence-electron chi connectivity index (χ1n) is 12.8. The summed E-state index contributed by atoms with van der Waals surface area (Å²) in [7, 11) is 0. The number of ether oxygens (including phenoxy) is 3. The summed E-state index contributed by atoms with van der Waals surface area (Å²) in [5, 5.41) is 28.1. The van der Waals surface area contributed by atoms with Crippen LogP contribution in [0.5, 0.6) is 0 Å². The number of rotatable bonds is 10. The number of hydrogen-bond acceptors (Lipinski definition) is 8. The van der Waals surface area contributed by atoms with Crippen molar-refractivity contribution in [1.29, 1.82) is 0 Å². The van der Waals surface area contributed by atoms with Crippen LogP contribution in [0.25, 0.3) is 0 Å². The molecule has 3 N–H and O–H groups in total. The number of aliphatic hydroxyl groups is 3. The first kappa shape index (κ1) is 29.0. The molecule has 3 rings (SSSR count). The highest BCUT2D eigenvalue weighted by molar-refractivity contribution is 5.83. The Balaban J connectivity index is 1.84. The number of allylic oxidation sites excluding steroid dienone is 3. The summed E-state index contributed by atoms with van der Waals surface area (Å²) in [6, 6.07) is 0.